The second-order valence-electron chi connectivity index (χ2n) is 6.56. The first-order chi connectivity index (χ1) is 14.0. The molecule has 0 aliphatic carbocycles. The molecule has 1 heterocycles. The van der Waals surface area contributed by atoms with E-state index in [9.17, 15) is 9.59 Å². The first-order valence-corrected chi connectivity index (χ1v) is 9.54. The van der Waals surface area contributed by atoms with Gasteiger partial charge in [-0.05, 0) is 55.8 Å². The van der Waals surface area contributed by atoms with Gasteiger partial charge in [-0.2, -0.15) is 4.80 Å². The van der Waals surface area contributed by atoms with Gasteiger partial charge in [0.15, 0.2) is 0 Å². The van der Waals surface area contributed by atoms with Gasteiger partial charge in [-0.15, -0.1) is 10.2 Å². The van der Waals surface area contributed by atoms with Crippen molar-refractivity contribution in [1.29, 1.82) is 0 Å². The first kappa shape index (κ1) is 20.2. The zero-order chi connectivity index (χ0) is 20.8. The Hall–Kier alpha value is -3.55. The van der Waals surface area contributed by atoms with Crippen molar-refractivity contribution < 1.29 is 9.59 Å². The number of hydrogen-bond acceptors (Lipinski definition) is 5. The molecule has 1 N–H and O–H groups in total. The van der Waals surface area contributed by atoms with Crippen molar-refractivity contribution in [2.45, 2.75) is 27.3 Å². The van der Waals surface area contributed by atoms with Crippen LogP contribution in [0.15, 0.2) is 48.5 Å². The number of aryl methyl sites for hydroxylation is 1. The third-order valence-corrected chi connectivity index (χ3v) is 4.59. The summed E-state index contributed by atoms with van der Waals surface area (Å²) in [6.45, 7) is 7.11. The second kappa shape index (κ2) is 9.09. The Morgan fingerprint density at radius 2 is 1.72 bits per heavy atom. The fourth-order valence-electron chi connectivity index (χ4n) is 2.96. The molecule has 150 valence electrons. The van der Waals surface area contributed by atoms with E-state index in [0.717, 1.165) is 11.1 Å². The predicted octanol–water partition coefficient (Wildman–Crippen LogP) is 2.77. The molecule has 3 aromatic rings. The maximum Gasteiger partial charge on any atom is 0.253 e. The predicted molar refractivity (Wildman–Crippen MR) is 110 cm³/mol. The van der Waals surface area contributed by atoms with Crippen LogP contribution < -0.4 is 5.32 Å². The van der Waals surface area contributed by atoms with E-state index < -0.39 is 0 Å². The van der Waals surface area contributed by atoms with E-state index in [1.54, 1.807) is 29.2 Å². The minimum Gasteiger partial charge on any atom is -0.339 e. The van der Waals surface area contributed by atoms with Gasteiger partial charge >= 0.3 is 0 Å². The lowest BCUT2D eigenvalue weighted by Gasteiger charge is -2.18. The molecule has 0 saturated carbocycles. The fraction of sp³-hybridized carbons (Fsp3) is 0.286. The number of carbonyl (C=O) groups is 2. The molecule has 2 aromatic carbocycles. The number of amides is 2. The number of nitrogens with zero attached hydrogens (tertiary/aromatic N) is 5. The molecule has 0 unspecified atom stereocenters. The Kier molecular flexibility index (Phi) is 6.33. The van der Waals surface area contributed by atoms with E-state index in [0.29, 0.717) is 30.2 Å². The molecular formula is C21H24N6O2. The number of tetrazole rings is 1. The van der Waals surface area contributed by atoms with E-state index in [2.05, 4.69) is 20.7 Å². The normalized spacial score (nSPS) is 10.6. The molecule has 0 aliphatic heterocycles. The molecule has 0 atom stereocenters. The van der Waals surface area contributed by atoms with Gasteiger partial charge in [-0.1, -0.05) is 24.3 Å². The maximum absolute atomic E-state index is 12.3. The number of benzene rings is 2. The van der Waals surface area contributed by atoms with E-state index in [1.807, 2.05) is 45.0 Å². The molecule has 29 heavy (non-hydrogen) atoms. The summed E-state index contributed by atoms with van der Waals surface area (Å²) in [4.78, 5) is 27.6. The summed E-state index contributed by atoms with van der Waals surface area (Å²) >= 11 is 0. The minimum absolute atomic E-state index is 0.0246. The van der Waals surface area contributed by atoms with Crippen LogP contribution in [0.2, 0.25) is 0 Å². The van der Waals surface area contributed by atoms with Crippen LogP contribution in [0.4, 0.5) is 5.69 Å². The monoisotopic (exact) mass is 392 g/mol. The van der Waals surface area contributed by atoms with E-state index in [-0.39, 0.29) is 18.4 Å². The van der Waals surface area contributed by atoms with Crippen LogP contribution >= 0.6 is 0 Å². The van der Waals surface area contributed by atoms with Crippen molar-refractivity contribution in [3.05, 3.63) is 59.7 Å². The van der Waals surface area contributed by atoms with Crippen LogP contribution in [0, 0.1) is 6.92 Å². The van der Waals surface area contributed by atoms with Gasteiger partial charge in [-0.25, -0.2) is 0 Å². The molecule has 0 radical (unpaired) electrons. The summed E-state index contributed by atoms with van der Waals surface area (Å²) in [6.07, 6.45) is 0. The van der Waals surface area contributed by atoms with Gasteiger partial charge in [0.25, 0.3) is 5.91 Å². The van der Waals surface area contributed by atoms with Gasteiger partial charge in [-0.3, -0.25) is 9.59 Å². The van der Waals surface area contributed by atoms with Crippen LogP contribution in [-0.2, 0) is 11.3 Å². The van der Waals surface area contributed by atoms with Gasteiger partial charge in [0, 0.05) is 29.9 Å². The molecule has 0 bridgehead atoms. The van der Waals surface area contributed by atoms with E-state index in [4.69, 9.17) is 0 Å². The maximum atomic E-state index is 12.3. The lowest BCUT2D eigenvalue weighted by molar-refractivity contribution is -0.117. The largest absolute Gasteiger partial charge is 0.339 e. The molecule has 0 fully saturated rings. The zero-order valence-corrected chi connectivity index (χ0v) is 16.8. The number of aromatic nitrogens is 4. The summed E-state index contributed by atoms with van der Waals surface area (Å²) in [7, 11) is 0. The van der Waals surface area contributed by atoms with Gasteiger partial charge in [0.1, 0.15) is 6.54 Å². The Bertz CT molecular complexity index is 992. The summed E-state index contributed by atoms with van der Waals surface area (Å²) < 4.78 is 0. The first-order valence-electron chi connectivity index (χ1n) is 9.54. The van der Waals surface area contributed by atoms with Crippen molar-refractivity contribution >= 4 is 17.5 Å². The molecular weight excluding hydrogens is 368 g/mol. The molecule has 8 heteroatoms. The van der Waals surface area contributed by atoms with Crippen molar-refractivity contribution in [2.75, 3.05) is 18.4 Å². The smallest absolute Gasteiger partial charge is 0.253 e. The van der Waals surface area contributed by atoms with Gasteiger partial charge in [0.05, 0.1) is 0 Å². The highest BCUT2D eigenvalue weighted by molar-refractivity contribution is 5.95. The SMILES string of the molecule is CCN(CC)C(=O)c1ccc(NC(=O)Cn2nnc(-c3ccccc3C)n2)cc1. The highest BCUT2D eigenvalue weighted by Gasteiger charge is 2.13. The third-order valence-electron chi connectivity index (χ3n) is 4.59. The summed E-state index contributed by atoms with van der Waals surface area (Å²) in [5, 5.41) is 15.0. The van der Waals surface area contributed by atoms with Crippen molar-refractivity contribution in [3.8, 4) is 11.4 Å². The van der Waals surface area contributed by atoms with Crippen LogP contribution in [0.25, 0.3) is 11.4 Å². The van der Waals surface area contributed by atoms with Gasteiger partial charge in [0.2, 0.25) is 11.7 Å². The van der Waals surface area contributed by atoms with Crippen molar-refractivity contribution in [3.63, 3.8) is 0 Å². The fourth-order valence-corrected chi connectivity index (χ4v) is 2.96. The highest BCUT2D eigenvalue weighted by atomic mass is 16.2. The molecule has 2 amide bonds. The third kappa shape index (κ3) is 4.84. The highest BCUT2D eigenvalue weighted by Crippen LogP contribution is 2.18. The molecule has 0 aliphatic rings. The Morgan fingerprint density at radius 3 is 2.38 bits per heavy atom. The van der Waals surface area contributed by atoms with Crippen LogP contribution in [0.1, 0.15) is 29.8 Å². The quantitative estimate of drug-likeness (QED) is 0.667. The van der Waals surface area contributed by atoms with E-state index in [1.165, 1.54) is 4.80 Å². The Balaban J connectivity index is 1.61. The lowest BCUT2D eigenvalue weighted by Crippen LogP contribution is -2.30. The van der Waals surface area contributed by atoms with Gasteiger partial charge < -0.3 is 10.2 Å². The number of carbonyl (C=O) groups excluding carboxylic acids is 2. The summed E-state index contributed by atoms with van der Waals surface area (Å²) in [6, 6.07) is 14.6. The lowest BCUT2D eigenvalue weighted by atomic mass is 10.1. The van der Waals surface area contributed by atoms with Crippen molar-refractivity contribution in [2.24, 2.45) is 0 Å². The minimum atomic E-state index is -0.276. The number of nitrogens with one attached hydrogen (secondary N) is 1. The Morgan fingerprint density at radius 1 is 1.03 bits per heavy atom. The topological polar surface area (TPSA) is 93.0 Å². The number of anilines is 1. The molecule has 8 nitrogen and oxygen atoms in total. The van der Waals surface area contributed by atoms with E-state index >= 15 is 0 Å². The summed E-state index contributed by atoms with van der Waals surface area (Å²) in [5.74, 6) is 0.181. The van der Waals surface area contributed by atoms with Crippen molar-refractivity contribution in [1.82, 2.24) is 25.1 Å². The number of rotatable bonds is 7. The molecule has 0 saturated heterocycles. The van der Waals surface area contributed by atoms with Crippen LogP contribution in [0.3, 0.4) is 0 Å². The number of hydrogen-bond donors (Lipinski definition) is 1. The Labute approximate surface area is 169 Å². The standard InChI is InChI=1S/C21H24N6O2/c1-4-26(5-2)21(29)16-10-12-17(13-11-16)22-19(28)14-27-24-20(23-25-27)18-9-7-6-8-15(18)3/h6-13H,4-5,14H2,1-3H3,(H,22,28). The molecule has 3 rings (SSSR count). The van der Waals surface area contributed by atoms with Crippen LogP contribution in [0.5, 0.6) is 0 Å². The zero-order valence-electron chi connectivity index (χ0n) is 16.8. The molecule has 0 spiro atoms. The van der Waals surface area contributed by atoms with Crippen LogP contribution in [-0.4, -0.2) is 50.0 Å². The average molecular weight is 392 g/mol. The second-order valence-corrected chi connectivity index (χ2v) is 6.56. The average Bonchev–Trinajstić information content (AvgIpc) is 3.17. The summed E-state index contributed by atoms with van der Waals surface area (Å²) in [5.41, 5.74) is 3.11. The molecule has 1 aromatic heterocycles.